The molecule has 0 spiro atoms. The van der Waals surface area contributed by atoms with Gasteiger partial charge >= 0.3 is 11.9 Å². The fourth-order valence-corrected chi connectivity index (χ4v) is 5.30. The highest BCUT2D eigenvalue weighted by atomic mass is 32.1. The number of carbonyl (C=O) groups is 2. The van der Waals surface area contributed by atoms with E-state index in [0.717, 1.165) is 58.6 Å². The minimum atomic E-state index is -1.26. The quantitative estimate of drug-likeness (QED) is 0.352. The maximum Gasteiger partial charge on any atom is 0.326 e. The molecule has 0 saturated carbocycles. The predicted molar refractivity (Wildman–Crippen MR) is 129 cm³/mol. The van der Waals surface area contributed by atoms with Crippen LogP contribution in [-0.2, 0) is 22.4 Å². The molecule has 3 rings (SSSR count). The molecule has 0 radical (unpaired) electrons. The number of aryl methyl sites for hydroxylation is 3. The predicted octanol–water partition coefficient (Wildman–Crippen LogP) is 4.73. The largest absolute Gasteiger partial charge is 0.481 e. The maximum absolute atomic E-state index is 11.6. The van der Waals surface area contributed by atoms with Crippen molar-refractivity contribution in [2.75, 3.05) is 10.6 Å². The van der Waals surface area contributed by atoms with Gasteiger partial charge in [-0.2, -0.15) is 0 Å². The zero-order valence-electron chi connectivity index (χ0n) is 18.4. The number of nitrogens with one attached hydrogen (secondary N) is 3. The number of fused-ring (bicyclic) bond motifs is 1. The average molecular weight is 456 g/mol. The summed E-state index contributed by atoms with van der Waals surface area (Å²) < 4.78 is 0. The number of anilines is 2. The van der Waals surface area contributed by atoms with Crippen molar-refractivity contribution in [2.24, 2.45) is 0 Å². The Balaban J connectivity index is 1.87. The Morgan fingerprint density at radius 2 is 1.75 bits per heavy atom. The minimum absolute atomic E-state index is 0.403. The third kappa shape index (κ3) is 5.31. The van der Waals surface area contributed by atoms with Crippen LogP contribution in [0.4, 0.5) is 10.7 Å². The van der Waals surface area contributed by atoms with Gasteiger partial charge in [0.1, 0.15) is 16.9 Å². The van der Waals surface area contributed by atoms with E-state index in [2.05, 4.69) is 29.1 Å². The molecule has 0 unspecified atom stereocenters. The second-order valence-corrected chi connectivity index (χ2v) is 9.13. The molecule has 1 aromatic carbocycles. The number of carboxylic acid groups (broad SMARTS) is 2. The molecule has 1 heterocycles. The molecule has 1 aliphatic rings. The van der Waals surface area contributed by atoms with Crippen LogP contribution in [0.1, 0.15) is 46.4 Å². The van der Waals surface area contributed by atoms with Gasteiger partial charge in [0.2, 0.25) is 0 Å². The van der Waals surface area contributed by atoms with E-state index in [9.17, 15) is 14.7 Å². The highest BCUT2D eigenvalue weighted by Crippen LogP contribution is 2.41. The van der Waals surface area contributed by atoms with Gasteiger partial charge < -0.3 is 26.2 Å². The minimum Gasteiger partial charge on any atom is -0.481 e. The fourth-order valence-electron chi connectivity index (χ4n) is 3.96. The summed E-state index contributed by atoms with van der Waals surface area (Å²) >= 11 is 1.61. The van der Waals surface area contributed by atoms with Crippen molar-refractivity contribution >= 4 is 39.7 Å². The van der Waals surface area contributed by atoms with Crippen molar-refractivity contribution in [3.8, 4) is 0 Å². The summed E-state index contributed by atoms with van der Waals surface area (Å²) in [7, 11) is 0. The zero-order valence-corrected chi connectivity index (χ0v) is 19.2. The van der Waals surface area contributed by atoms with Crippen molar-refractivity contribution in [1.29, 1.82) is 0 Å². The molecule has 1 atom stereocenters. The lowest BCUT2D eigenvalue weighted by Crippen LogP contribution is -2.37. The smallest absolute Gasteiger partial charge is 0.326 e. The molecule has 7 nitrogen and oxygen atoms in total. The summed E-state index contributed by atoms with van der Waals surface area (Å²) in [6, 6.07) is 4.79. The normalized spacial score (nSPS) is 13.6. The number of rotatable bonds is 10. The van der Waals surface area contributed by atoms with E-state index >= 15 is 0 Å². The molecular formula is C24H29N3O4S. The highest BCUT2D eigenvalue weighted by molar-refractivity contribution is 7.16. The van der Waals surface area contributed by atoms with Crippen LogP contribution in [0.5, 0.6) is 0 Å². The van der Waals surface area contributed by atoms with Crippen molar-refractivity contribution in [3.63, 3.8) is 0 Å². The van der Waals surface area contributed by atoms with Gasteiger partial charge in [-0.25, -0.2) is 4.79 Å². The molecule has 0 amide bonds. The lowest BCUT2D eigenvalue weighted by atomic mass is 9.94. The second kappa shape index (κ2) is 9.91. The van der Waals surface area contributed by atoms with E-state index in [4.69, 9.17) is 5.11 Å². The fraction of sp³-hybridized carbons (Fsp3) is 0.333. The molecule has 170 valence electrons. The first-order valence-electron chi connectivity index (χ1n) is 10.5. The topological polar surface area (TPSA) is 111 Å². The van der Waals surface area contributed by atoms with Crippen LogP contribution >= 0.6 is 11.3 Å². The summed E-state index contributed by atoms with van der Waals surface area (Å²) in [6.45, 7) is 12.2. The molecule has 1 aromatic heterocycles. The molecular weight excluding hydrogens is 426 g/mol. The van der Waals surface area contributed by atoms with E-state index in [1.165, 1.54) is 4.88 Å². The molecule has 32 heavy (non-hydrogen) atoms. The maximum atomic E-state index is 11.6. The zero-order chi connectivity index (χ0) is 23.4. The molecule has 5 N–H and O–H groups in total. The van der Waals surface area contributed by atoms with Gasteiger partial charge in [-0.05, 0) is 56.2 Å². The van der Waals surface area contributed by atoms with E-state index in [1.807, 2.05) is 32.0 Å². The van der Waals surface area contributed by atoms with E-state index in [0.29, 0.717) is 11.5 Å². The van der Waals surface area contributed by atoms with Gasteiger partial charge in [-0.3, -0.25) is 4.79 Å². The third-order valence-electron chi connectivity index (χ3n) is 5.52. The molecule has 0 saturated heterocycles. The summed E-state index contributed by atoms with van der Waals surface area (Å²) in [4.78, 5) is 23.9. The van der Waals surface area contributed by atoms with Gasteiger partial charge in [0.05, 0.1) is 6.42 Å². The number of para-hydroxylation sites is 1. The number of benzene rings is 1. The van der Waals surface area contributed by atoms with Gasteiger partial charge in [-0.1, -0.05) is 31.4 Å². The molecule has 0 aliphatic heterocycles. The van der Waals surface area contributed by atoms with Crippen molar-refractivity contribution in [2.45, 2.75) is 52.0 Å². The average Bonchev–Trinajstić information content (AvgIpc) is 3.07. The molecule has 0 bridgehead atoms. The Hall–Kier alpha value is -3.26. The third-order valence-corrected chi connectivity index (χ3v) is 6.73. The number of hydrogen-bond donors (Lipinski definition) is 5. The summed E-state index contributed by atoms with van der Waals surface area (Å²) in [5.74, 6) is -1.82. The Morgan fingerprint density at radius 1 is 1.09 bits per heavy atom. The second-order valence-electron chi connectivity index (χ2n) is 8.02. The first-order valence-corrected chi connectivity index (χ1v) is 11.3. The van der Waals surface area contributed by atoms with Crippen molar-refractivity contribution in [3.05, 3.63) is 64.3 Å². The monoisotopic (exact) mass is 455 g/mol. The Bertz CT molecular complexity index is 1050. The molecule has 2 aromatic rings. The first-order chi connectivity index (χ1) is 15.2. The molecule has 0 fully saturated rings. The van der Waals surface area contributed by atoms with Crippen LogP contribution in [0, 0.1) is 13.8 Å². The lowest BCUT2D eigenvalue weighted by Gasteiger charge is -2.20. The SMILES string of the molecule is C=C(Nc1sc2c(c1C(=C)N[C@@H](CC(=O)O)C(=O)O)CCCC2)Nc1c(C)cccc1C. The number of carboxylic acids is 2. The van der Waals surface area contributed by atoms with E-state index < -0.39 is 24.4 Å². The summed E-state index contributed by atoms with van der Waals surface area (Å²) in [6.07, 6.45) is 3.44. The number of aliphatic carboxylic acids is 2. The Kier molecular flexibility index (Phi) is 7.25. The van der Waals surface area contributed by atoms with Crippen LogP contribution in [0.2, 0.25) is 0 Å². The number of thiophene rings is 1. The first kappa shape index (κ1) is 23.4. The van der Waals surface area contributed by atoms with Gasteiger partial charge in [0.15, 0.2) is 0 Å². The lowest BCUT2D eigenvalue weighted by molar-refractivity contribution is -0.145. The summed E-state index contributed by atoms with van der Waals surface area (Å²) in [5, 5.41) is 28.8. The highest BCUT2D eigenvalue weighted by Gasteiger charge is 2.27. The van der Waals surface area contributed by atoms with Gasteiger partial charge in [0, 0.05) is 21.8 Å². The Morgan fingerprint density at radius 3 is 2.38 bits per heavy atom. The van der Waals surface area contributed by atoms with E-state index in [-0.39, 0.29) is 0 Å². The number of hydrogen-bond acceptors (Lipinski definition) is 6. The van der Waals surface area contributed by atoms with E-state index in [1.54, 1.807) is 11.3 Å². The molecule has 1 aliphatic carbocycles. The van der Waals surface area contributed by atoms with Gasteiger partial charge in [-0.15, -0.1) is 11.3 Å². The van der Waals surface area contributed by atoms with Crippen LogP contribution in [0.3, 0.4) is 0 Å². The Labute approximate surface area is 191 Å². The van der Waals surface area contributed by atoms with Crippen molar-refractivity contribution in [1.82, 2.24) is 5.32 Å². The van der Waals surface area contributed by atoms with Crippen LogP contribution in [0.25, 0.3) is 5.70 Å². The van der Waals surface area contributed by atoms with Crippen molar-refractivity contribution < 1.29 is 19.8 Å². The van der Waals surface area contributed by atoms with Crippen LogP contribution in [0.15, 0.2) is 37.2 Å². The van der Waals surface area contributed by atoms with Crippen LogP contribution < -0.4 is 16.0 Å². The summed E-state index contributed by atoms with van der Waals surface area (Å²) in [5.41, 5.74) is 5.54. The van der Waals surface area contributed by atoms with Gasteiger partial charge in [0.25, 0.3) is 0 Å². The standard InChI is InChI=1S/C24H29N3O4S/c1-13-8-7-9-14(2)22(13)26-16(4)27-23-21(17-10-5-6-11-19(17)32-23)15(3)25-18(24(30)31)12-20(28)29/h7-9,18,25-27H,3-6,10-12H2,1-2H3,(H,28,29)(H,30,31)/t18-/m0/s1. The van der Waals surface area contributed by atoms with Crippen LogP contribution in [-0.4, -0.2) is 28.2 Å². The molecule has 8 heteroatoms.